The Morgan fingerprint density at radius 1 is 0.679 bits per heavy atom. The molecular formula is C69H81N9O6. The summed E-state index contributed by atoms with van der Waals surface area (Å²) < 4.78 is 12.3. The third-order valence-electron chi connectivity index (χ3n) is 18.3. The second-order valence-corrected chi connectivity index (χ2v) is 23.9. The number of aliphatic imine (C=N–C) groups is 1. The zero-order valence-corrected chi connectivity index (χ0v) is 49.4. The molecule has 4 amide bonds. The van der Waals surface area contributed by atoms with Crippen LogP contribution in [0.25, 0.3) is 11.3 Å². The molecule has 0 spiro atoms. The Labute approximate surface area is 494 Å². The molecule has 0 radical (unpaired) electrons. The smallest absolute Gasteiger partial charge is 0.407 e. The quantitative estimate of drug-likeness (QED) is 0.0646. The zero-order chi connectivity index (χ0) is 58.5. The van der Waals surface area contributed by atoms with Crippen LogP contribution in [0.1, 0.15) is 119 Å². The zero-order valence-electron chi connectivity index (χ0n) is 49.4. The van der Waals surface area contributed by atoms with Crippen molar-refractivity contribution in [3.63, 3.8) is 0 Å². The number of aromatic nitrogens is 1. The molecule has 3 unspecified atom stereocenters. The van der Waals surface area contributed by atoms with Crippen LogP contribution >= 0.6 is 0 Å². The second kappa shape index (κ2) is 25.3. The predicted molar refractivity (Wildman–Crippen MR) is 330 cm³/mol. The van der Waals surface area contributed by atoms with Gasteiger partial charge in [-0.25, -0.2) is 9.59 Å². The maximum Gasteiger partial charge on any atom is 0.407 e. The number of methoxy groups -OCH3 is 2. The largest absolute Gasteiger partial charge is 0.453 e. The van der Waals surface area contributed by atoms with Crippen LogP contribution in [0.15, 0.2) is 179 Å². The topological polar surface area (TPSA) is 171 Å². The number of alkyl carbamates (subject to hydrolysis) is 2. The van der Waals surface area contributed by atoms with Crippen molar-refractivity contribution in [3.8, 4) is 0 Å². The normalized spacial score (nSPS) is 23.0. The molecule has 84 heavy (non-hydrogen) atoms. The monoisotopic (exact) mass is 1130 g/mol. The lowest BCUT2D eigenvalue weighted by molar-refractivity contribution is -0.136. The van der Waals surface area contributed by atoms with Crippen LogP contribution in [0.4, 0.5) is 9.59 Å². The number of ether oxygens (including phenoxy) is 2. The number of allylic oxidation sites excluding steroid dienone is 10. The van der Waals surface area contributed by atoms with E-state index in [0.717, 1.165) is 74.9 Å². The van der Waals surface area contributed by atoms with Gasteiger partial charge in [0.15, 0.2) is 0 Å². The van der Waals surface area contributed by atoms with E-state index in [0.29, 0.717) is 19.6 Å². The third kappa shape index (κ3) is 11.4. The van der Waals surface area contributed by atoms with Gasteiger partial charge in [0, 0.05) is 42.3 Å². The summed E-state index contributed by atoms with van der Waals surface area (Å²) in [6, 6.07) is 36.0. The summed E-state index contributed by atoms with van der Waals surface area (Å²) in [4.78, 5) is 61.2. The fourth-order valence-electron chi connectivity index (χ4n) is 13.9. The summed E-state index contributed by atoms with van der Waals surface area (Å²) in [6.07, 6.45) is 24.6. The van der Waals surface area contributed by atoms with Crippen molar-refractivity contribution in [3.05, 3.63) is 202 Å². The molecule has 3 aromatic carbocycles. The number of hydrogen-bond donors (Lipinski definition) is 5. The molecule has 4 aliphatic heterocycles. The first-order chi connectivity index (χ1) is 40.9. The number of hydrogen-bond acceptors (Lipinski definition) is 10. The average Bonchev–Trinajstić information content (AvgIpc) is 1.42. The summed E-state index contributed by atoms with van der Waals surface area (Å²) in [6.45, 7) is 9.60. The lowest BCUT2D eigenvalue weighted by Crippen LogP contribution is -2.57. The molecular weight excluding hydrogens is 1050 g/mol. The molecule has 15 nitrogen and oxygen atoms in total. The van der Waals surface area contributed by atoms with E-state index in [1.807, 2.05) is 43.7 Å². The average molecular weight is 1130 g/mol. The van der Waals surface area contributed by atoms with E-state index in [2.05, 4.69) is 177 Å². The Bertz CT molecular complexity index is 3250. The molecule has 3 aliphatic carbocycles. The highest BCUT2D eigenvalue weighted by Gasteiger charge is 2.44. The summed E-state index contributed by atoms with van der Waals surface area (Å²) in [5.74, 6) is 0.547. The first-order valence-electron chi connectivity index (χ1n) is 30.3. The van der Waals surface area contributed by atoms with Gasteiger partial charge < -0.3 is 50.4 Å². The second-order valence-electron chi connectivity index (χ2n) is 23.9. The summed E-state index contributed by atoms with van der Waals surface area (Å²) in [5.41, 5.74) is 12.9. The van der Waals surface area contributed by atoms with Crippen molar-refractivity contribution < 1.29 is 28.7 Å². The lowest BCUT2D eigenvalue weighted by atomic mass is 9.63. The number of carbonyl (C=O) groups is 4. The minimum Gasteiger partial charge on any atom is -0.453 e. The number of carbonyl (C=O) groups excluding carboxylic acids is 4. The summed E-state index contributed by atoms with van der Waals surface area (Å²) >= 11 is 0. The molecule has 7 atom stereocenters. The number of benzene rings is 3. The molecule has 2 saturated heterocycles. The molecule has 15 heteroatoms. The van der Waals surface area contributed by atoms with E-state index in [4.69, 9.17) is 14.5 Å². The van der Waals surface area contributed by atoms with Crippen molar-refractivity contribution in [2.24, 2.45) is 16.8 Å². The van der Waals surface area contributed by atoms with Crippen LogP contribution in [0, 0.1) is 11.8 Å². The van der Waals surface area contributed by atoms with Gasteiger partial charge in [-0.3, -0.25) is 14.6 Å². The van der Waals surface area contributed by atoms with Crippen LogP contribution in [-0.4, -0.2) is 114 Å². The molecule has 438 valence electrons. The molecule has 1 aromatic heterocycles. The highest BCUT2D eigenvalue weighted by molar-refractivity contribution is 5.95. The van der Waals surface area contributed by atoms with E-state index in [9.17, 15) is 19.2 Å². The third-order valence-corrected chi connectivity index (χ3v) is 18.3. The number of amides is 4. The maximum absolute atomic E-state index is 14.0. The molecule has 0 saturated carbocycles. The summed E-state index contributed by atoms with van der Waals surface area (Å²) in [7, 11) is 2.63. The van der Waals surface area contributed by atoms with Gasteiger partial charge in [-0.15, -0.1) is 0 Å². The highest BCUT2D eigenvalue weighted by atomic mass is 16.5. The molecule has 4 aromatic rings. The first kappa shape index (κ1) is 57.5. The Morgan fingerprint density at radius 2 is 1.30 bits per heavy atom. The van der Waals surface area contributed by atoms with E-state index >= 15 is 0 Å². The number of nitrogens with zero attached hydrogens (tertiary/aromatic N) is 4. The molecule has 5 N–H and O–H groups in total. The highest BCUT2D eigenvalue weighted by Crippen LogP contribution is 2.49. The van der Waals surface area contributed by atoms with Gasteiger partial charge in [-0.1, -0.05) is 161 Å². The van der Waals surface area contributed by atoms with E-state index < -0.39 is 29.7 Å². The van der Waals surface area contributed by atoms with Crippen LogP contribution in [0.2, 0.25) is 0 Å². The van der Waals surface area contributed by atoms with Crippen molar-refractivity contribution in [2.75, 3.05) is 33.9 Å². The molecule has 5 heterocycles. The van der Waals surface area contributed by atoms with Gasteiger partial charge in [-0.2, -0.15) is 0 Å². The van der Waals surface area contributed by atoms with Gasteiger partial charge in [0.2, 0.25) is 11.8 Å². The van der Waals surface area contributed by atoms with Gasteiger partial charge in [0.1, 0.15) is 24.1 Å². The minimum absolute atomic E-state index is 0.0333. The van der Waals surface area contributed by atoms with Crippen molar-refractivity contribution in [1.29, 1.82) is 0 Å². The van der Waals surface area contributed by atoms with Crippen molar-refractivity contribution in [2.45, 2.75) is 133 Å². The number of nitrogens with one attached hydrogen (secondary N) is 5. The Morgan fingerprint density at radius 3 is 1.86 bits per heavy atom. The molecule has 0 bridgehead atoms. The molecule has 7 aliphatic rings. The number of likely N-dealkylation sites (tertiary alicyclic amines) is 2. The minimum atomic E-state index is -0.687. The van der Waals surface area contributed by atoms with Crippen LogP contribution in [-0.2, 0) is 24.5 Å². The predicted octanol–water partition coefficient (Wildman–Crippen LogP) is 10.6. The van der Waals surface area contributed by atoms with Crippen LogP contribution in [0.5, 0.6) is 0 Å². The van der Waals surface area contributed by atoms with Gasteiger partial charge in [-0.05, 0) is 121 Å². The number of amidine groups is 1. The molecule has 11 rings (SSSR count). The van der Waals surface area contributed by atoms with E-state index in [1.165, 1.54) is 64.7 Å². The fraction of sp³-hybridized carbons (Fsp3) is 0.406. The van der Waals surface area contributed by atoms with Crippen molar-refractivity contribution >= 4 is 41.1 Å². The standard InChI is InChI=1S/C69H81N9O6/c1-44(2)61(74-67(81)83-5)65(79)76-40-16-24-59(76)63-70-42-55(72-63)46-26-30-48(31-27-46)57-38-39-58(49-32-28-47(29-33-49)56-43-71-64(73-56)60-25-17-41-77(60)66(80)62(45(3)4)75-68(82)84-6)78(57)54-36-34-53(35-37-54)69(50-18-10-7-11-19-50,51-20-12-8-13-21-51)52-22-14-9-15-23-52/h7-15,18-23,26-28,30,32,34,36,38-39,42,44-45,48,56,59-63,70,72H,16-17,24-25,29,31,33,35,37,40-41,43H2,1-6H3,(H,71,73)(H,74,81)(H,75,82)/t48?,56?,59-,60-,61-,62-,63?/m0/s1. The molecule has 2 fully saturated rings. The Hall–Kier alpha value is -8.33. The summed E-state index contributed by atoms with van der Waals surface area (Å²) in [5, 5.41) is 16.6. The van der Waals surface area contributed by atoms with Crippen molar-refractivity contribution in [1.82, 2.24) is 41.0 Å². The Balaban J connectivity index is 0.873. The fourth-order valence-corrected chi connectivity index (χ4v) is 13.9. The van der Waals surface area contributed by atoms with E-state index in [1.54, 1.807) is 0 Å². The van der Waals surface area contributed by atoms with Crippen LogP contribution < -0.4 is 26.6 Å². The lowest BCUT2D eigenvalue weighted by Gasteiger charge is -2.40. The number of rotatable bonds is 17. The van der Waals surface area contributed by atoms with Gasteiger partial charge >= 0.3 is 12.2 Å². The maximum atomic E-state index is 14.0. The van der Waals surface area contributed by atoms with E-state index in [-0.39, 0.29) is 53.9 Å². The first-order valence-corrected chi connectivity index (χ1v) is 30.3. The SMILES string of the molecule is COC(=O)N[C@H](C(=O)N1CCC[C@H]1C1=NCC(C2=CC=C(c3ccc(C4C=CC(C5=CNC([C@@H]6CCCN6C(=O)[C@@H](NC(=O)OC)C(C)C)N5)=CC4)n3C3=CC=C(C(c4ccccc4)(c4ccccc4)c4ccccc4)CC3)CC2)N1)C(C)C. The van der Waals surface area contributed by atoms with Crippen LogP contribution in [0.3, 0.4) is 0 Å². The van der Waals surface area contributed by atoms with Gasteiger partial charge in [0.25, 0.3) is 0 Å². The van der Waals surface area contributed by atoms with Gasteiger partial charge in [0.05, 0.1) is 50.0 Å². The Kier molecular flexibility index (Phi) is 17.3.